The summed E-state index contributed by atoms with van der Waals surface area (Å²) in [4.78, 5) is 0. The largest absolute Gasteiger partial charge is 3.00 e. The van der Waals surface area contributed by atoms with Crippen molar-refractivity contribution in [2.24, 2.45) is 0 Å². The Morgan fingerprint density at radius 2 is 0.429 bits per heavy atom. The van der Waals surface area contributed by atoms with Gasteiger partial charge in [0.15, 0.2) is 0 Å². The predicted molar refractivity (Wildman–Crippen MR) is 24.7 cm³/mol. The Morgan fingerprint density at radius 3 is 0.429 bits per heavy atom. The Kier molecular flexibility index (Phi) is 5420. The quantitative estimate of drug-likeness (QED) is 0.381. The number of rotatable bonds is 0. The van der Waals surface area contributed by atoms with Gasteiger partial charge >= 0.3 is 34.7 Å². The minimum Gasteiger partial charge on any atom is -2.00 e. The van der Waals surface area contributed by atoms with Crippen LogP contribution in [0.15, 0.2) is 0 Å². The molecule has 0 unspecified atom stereocenters. The van der Waals surface area contributed by atoms with Gasteiger partial charge in [-0.3, -0.25) is 0 Å². The van der Waals surface area contributed by atoms with Gasteiger partial charge in [-0.2, -0.15) is 0 Å². The molecule has 46 valence electrons. The maximum Gasteiger partial charge on any atom is 3.00 e. The molecule has 0 atom stereocenters. The van der Waals surface area contributed by atoms with Crippen LogP contribution in [0.1, 0.15) is 0 Å². The molecule has 0 heterocycles. The molecule has 0 rings (SSSR count). The molecule has 0 saturated carbocycles. The summed E-state index contributed by atoms with van der Waals surface area (Å²) < 4.78 is 0. The molecule has 0 amide bonds. The summed E-state index contributed by atoms with van der Waals surface area (Å²) in [5, 5.41) is 0. The molecule has 7 heavy (non-hydrogen) atoms. The molecule has 0 spiro atoms. The first kappa shape index (κ1) is 240. The molecule has 0 aromatic rings. The zero-order valence-corrected chi connectivity index (χ0v) is 4.59. The van der Waals surface area contributed by atoms with Crippen LogP contribution in [0.5, 0.6) is 0 Å². The van der Waals surface area contributed by atoms with Crippen molar-refractivity contribution < 1.29 is 51.2 Å². The van der Waals surface area contributed by atoms with E-state index in [9.17, 15) is 0 Å². The van der Waals surface area contributed by atoms with Gasteiger partial charge in [0.2, 0.25) is 0 Å². The van der Waals surface area contributed by atoms with E-state index < -0.39 is 0 Å². The summed E-state index contributed by atoms with van der Waals surface area (Å²) >= 11 is 0. The van der Waals surface area contributed by atoms with Crippen LogP contribution in [-0.4, -0.2) is 21.9 Å². The van der Waals surface area contributed by atoms with Gasteiger partial charge in [0, 0.05) is 0 Å². The summed E-state index contributed by atoms with van der Waals surface area (Å²) in [6.07, 6.45) is 0. The van der Waals surface area contributed by atoms with Crippen LogP contribution in [0.2, 0.25) is 0 Å². The topological polar surface area (TPSA) is 85.5 Å². The Labute approximate surface area is 73.1 Å². The van der Waals surface area contributed by atoms with Crippen LogP contribution < -0.4 is 0 Å². The fourth-order valence-corrected chi connectivity index (χ4v) is 0. The van der Waals surface area contributed by atoms with Crippen molar-refractivity contribution in [1.29, 1.82) is 0 Å². The Bertz CT molecular complexity index is 10.9. The van der Waals surface area contributed by atoms with E-state index in [1.807, 2.05) is 0 Å². The first-order chi connectivity index (χ1) is 0. The molecule has 0 fully saturated rings. The second-order valence-electron chi connectivity index (χ2n) is 0. The number of hydrogen-bond acceptors (Lipinski definition) is 0. The van der Waals surface area contributed by atoms with Crippen LogP contribution in [0.4, 0.5) is 0 Å². The standard InChI is InChI=1S/2Cr.3O.2H4Si/h;;;;;2*1H4/q2*+3;3*-2;;. The average molecular weight is 216 g/mol. The van der Waals surface area contributed by atoms with E-state index >= 15 is 0 Å². The van der Waals surface area contributed by atoms with Gasteiger partial charge in [0.1, 0.15) is 0 Å². The molecule has 0 aliphatic rings. The van der Waals surface area contributed by atoms with E-state index in [1.165, 1.54) is 0 Å². The van der Waals surface area contributed by atoms with Gasteiger partial charge in [0.25, 0.3) is 0 Å². The fraction of sp³-hybridized carbons (Fsp3) is 0. The molecule has 0 bridgehead atoms. The monoisotopic (exact) mass is 216 g/mol. The zero-order valence-electron chi connectivity index (χ0n) is 2.04. The third-order valence-electron chi connectivity index (χ3n) is 0. The van der Waals surface area contributed by atoms with Crippen molar-refractivity contribution in [2.45, 2.75) is 0 Å². The van der Waals surface area contributed by atoms with Crippen molar-refractivity contribution in [3.8, 4) is 0 Å². The average Bonchev–Trinajstić information content (AvgIpc) is 0. The van der Waals surface area contributed by atoms with Gasteiger partial charge in [-0.1, -0.05) is 0 Å². The Hall–Kier alpha value is 1.38. The molecule has 0 aromatic heterocycles. The number of hydrogen-bond donors (Lipinski definition) is 0. The SMILES string of the molecule is [Cr+3].[Cr+3].[O-2].[O-2].[O-2].[SiH4].[SiH4]. The normalized spacial score (nSPS) is 0. The van der Waals surface area contributed by atoms with Crippen LogP contribution in [0.25, 0.3) is 0 Å². The van der Waals surface area contributed by atoms with E-state index in [0.29, 0.717) is 0 Å². The van der Waals surface area contributed by atoms with Gasteiger partial charge < -0.3 is 16.4 Å². The Balaban J connectivity index is 0. The van der Waals surface area contributed by atoms with Gasteiger partial charge in [-0.15, -0.1) is 0 Å². The van der Waals surface area contributed by atoms with Gasteiger partial charge in [0.05, 0.1) is 0 Å². The molecule has 0 N–H and O–H groups in total. The minimum atomic E-state index is 0. The van der Waals surface area contributed by atoms with Crippen molar-refractivity contribution in [3.05, 3.63) is 0 Å². The van der Waals surface area contributed by atoms with Crippen LogP contribution >= 0.6 is 0 Å². The molecule has 0 aliphatic heterocycles. The summed E-state index contributed by atoms with van der Waals surface area (Å²) in [7, 11) is 0. The molecule has 3 nitrogen and oxygen atoms in total. The first-order valence-corrected chi connectivity index (χ1v) is 0. The summed E-state index contributed by atoms with van der Waals surface area (Å²) in [5.41, 5.74) is 0. The van der Waals surface area contributed by atoms with E-state index in [2.05, 4.69) is 0 Å². The molecular weight excluding hydrogens is 208 g/mol. The zero-order chi connectivity index (χ0) is 0. The third kappa shape index (κ3) is 112. The summed E-state index contributed by atoms with van der Waals surface area (Å²) in [6.45, 7) is 0. The molecule has 0 aromatic carbocycles. The molecule has 0 saturated heterocycles. The Morgan fingerprint density at radius 1 is 0.429 bits per heavy atom. The first-order valence-electron chi connectivity index (χ1n) is 0. The van der Waals surface area contributed by atoms with Crippen molar-refractivity contribution in [3.63, 3.8) is 0 Å². The van der Waals surface area contributed by atoms with Crippen molar-refractivity contribution in [2.75, 3.05) is 0 Å². The maximum absolute atomic E-state index is 0. The van der Waals surface area contributed by atoms with Gasteiger partial charge in [-0.05, 0) is 21.9 Å². The maximum atomic E-state index is 0. The second-order valence-corrected chi connectivity index (χ2v) is 0. The smallest absolute Gasteiger partial charge is 2.00 e. The van der Waals surface area contributed by atoms with Crippen LogP contribution in [0, 0.1) is 0 Å². The molecular formula is H8Cr2O3Si2. The van der Waals surface area contributed by atoms with Crippen molar-refractivity contribution >= 4 is 21.9 Å². The molecule has 0 aliphatic carbocycles. The van der Waals surface area contributed by atoms with E-state index in [4.69, 9.17) is 0 Å². The van der Waals surface area contributed by atoms with E-state index in [0.717, 1.165) is 0 Å². The van der Waals surface area contributed by atoms with Gasteiger partial charge in [-0.25, -0.2) is 0 Å². The molecule has 2 radical (unpaired) electrons. The third-order valence-corrected chi connectivity index (χ3v) is 0. The van der Waals surface area contributed by atoms with Crippen molar-refractivity contribution in [1.82, 2.24) is 0 Å². The van der Waals surface area contributed by atoms with Crippen LogP contribution in [-0.2, 0) is 51.2 Å². The summed E-state index contributed by atoms with van der Waals surface area (Å²) in [5.74, 6) is 0. The van der Waals surface area contributed by atoms with E-state index in [1.54, 1.807) is 0 Å². The minimum absolute atomic E-state index is 0. The second kappa shape index (κ2) is 158. The predicted octanol–water partition coefficient (Wildman–Crippen LogP) is -3.26. The van der Waals surface area contributed by atoms with Crippen LogP contribution in [0.3, 0.4) is 0 Å². The summed E-state index contributed by atoms with van der Waals surface area (Å²) in [6, 6.07) is 0. The molecule has 7 heteroatoms. The van der Waals surface area contributed by atoms with E-state index in [-0.39, 0.29) is 73.1 Å². The fourth-order valence-electron chi connectivity index (χ4n) is 0.